The molecule has 0 saturated heterocycles. The van der Waals surface area contributed by atoms with Gasteiger partial charge in [0.25, 0.3) is 0 Å². The number of nitrogens with two attached hydrogens (primary N) is 3. The van der Waals surface area contributed by atoms with Gasteiger partial charge in [-0.05, 0) is 31.2 Å². The molecular formula is C8H21N3. The third-order valence-electron chi connectivity index (χ3n) is 1.85. The lowest BCUT2D eigenvalue weighted by molar-refractivity contribution is 0.278. The molecule has 68 valence electrons. The van der Waals surface area contributed by atoms with E-state index in [4.69, 9.17) is 17.2 Å². The molecule has 0 atom stereocenters. The fourth-order valence-electron chi connectivity index (χ4n) is 1.32. The molecule has 0 aliphatic rings. The van der Waals surface area contributed by atoms with Crippen LogP contribution in [0, 0.1) is 5.41 Å². The highest BCUT2D eigenvalue weighted by molar-refractivity contribution is 4.72. The first kappa shape index (κ1) is 10.9. The molecule has 0 aliphatic heterocycles. The zero-order valence-corrected chi connectivity index (χ0v) is 7.64. The van der Waals surface area contributed by atoms with Crippen molar-refractivity contribution in [3.8, 4) is 0 Å². The second kappa shape index (κ2) is 4.70. The molecule has 3 nitrogen and oxygen atoms in total. The first-order valence-electron chi connectivity index (χ1n) is 4.19. The van der Waals surface area contributed by atoms with Crippen molar-refractivity contribution in [2.24, 2.45) is 22.6 Å². The molecule has 3 heteroatoms. The molecule has 6 N–H and O–H groups in total. The maximum atomic E-state index is 5.50. The van der Waals surface area contributed by atoms with Crippen LogP contribution in [0.15, 0.2) is 0 Å². The molecule has 0 unspecified atom stereocenters. The van der Waals surface area contributed by atoms with Crippen LogP contribution in [0.2, 0.25) is 0 Å². The molecule has 0 rings (SSSR count). The first-order chi connectivity index (χ1) is 4.98. The van der Waals surface area contributed by atoms with Gasteiger partial charge in [-0.25, -0.2) is 0 Å². The highest BCUT2D eigenvalue weighted by Gasteiger charge is 2.18. The van der Waals surface area contributed by atoms with Gasteiger partial charge in [-0.3, -0.25) is 0 Å². The summed E-state index contributed by atoms with van der Waals surface area (Å²) in [7, 11) is 0. The molecule has 0 bridgehead atoms. The summed E-state index contributed by atoms with van der Waals surface area (Å²) in [6.07, 6.45) is 2.84. The predicted molar refractivity (Wildman–Crippen MR) is 48.8 cm³/mol. The molecule has 11 heavy (non-hydrogen) atoms. The Morgan fingerprint density at radius 1 is 1.27 bits per heavy atom. The lowest BCUT2D eigenvalue weighted by Gasteiger charge is -2.25. The molecule has 0 spiro atoms. The predicted octanol–water partition coefficient (Wildman–Crippen LogP) is 0.385. The molecule has 0 aliphatic carbocycles. The minimum Gasteiger partial charge on any atom is -0.330 e. The van der Waals surface area contributed by atoms with Gasteiger partial charge in [0.2, 0.25) is 0 Å². The van der Waals surface area contributed by atoms with Crippen LogP contribution in [0.3, 0.4) is 0 Å². The van der Waals surface area contributed by atoms with Gasteiger partial charge in [0.15, 0.2) is 0 Å². The van der Waals surface area contributed by atoms with E-state index in [0.29, 0.717) is 0 Å². The lowest BCUT2D eigenvalue weighted by Crippen LogP contribution is -2.35. The van der Waals surface area contributed by atoms with E-state index in [1.54, 1.807) is 0 Å². The largest absolute Gasteiger partial charge is 0.330 e. The van der Waals surface area contributed by atoms with Gasteiger partial charge in [-0.15, -0.1) is 0 Å². The van der Waals surface area contributed by atoms with Crippen molar-refractivity contribution in [2.45, 2.75) is 39.3 Å². The van der Waals surface area contributed by atoms with Gasteiger partial charge in [-0.1, -0.05) is 13.8 Å². The fourth-order valence-corrected chi connectivity index (χ4v) is 1.32. The second-order valence-corrected chi connectivity index (χ2v) is 3.92. The van der Waals surface area contributed by atoms with Gasteiger partial charge >= 0.3 is 0 Å². The van der Waals surface area contributed by atoms with E-state index < -0.39 is 0 Å². The van der Waals surface area contributed by atoms with E-state index in [2.05, 4.69) is 13.8 Å². The van der Waals surface area contributed by atoms with Crippen LogP contribution in [0.1, 0.15) is 33.1 Å². The van der Waals surface area contributed by atoms with Crippen LogP contribution < -0.4 is 17.2 Å². The van der Waals surface area contributed by atoms with E-state index in [0.717, 1.165) is 25.8 Å². The molecule has 0 aromatic carbocycles. The summed E-state index contributed by atoms with van der Waals surface area (Å²) < 4.78 is 0. The second-order valence-electron chi connectivity index (χ2n) is 3.92. The van der Waals surface area contributed by atoms with Gasteiger partial charge in [-0.2, -0.15) is 0 Å². The van der Waals surface area contributed by atoms with Gasteiger partial charge in [0, 0.05) is 0 Å². The highest BCUT2D eigenvalue weighted by atomic mass is 14.8. The van der Waals surface area contributed by atoms with Crippen LogP contribution >= 0.6 is 0 Å². The Morgan fingerprint density at radius 3 is 2.18 bits per heavy atom. The van der Waals surface area contributed by atoms with Crippen LogP contribution in [0.25, 0.3) is 0 Å². The Labute approximate surface area is 69.3 Å². The van der Waals surface area contributed by atoms with Crippen LogP contribution in [0.5, 0.6) is 0 Å². The quantitative estimate of drug-likeness (QED) is 0.508. The van der Waals surface area contributed by atoms with E-state index in [1.165, 1.54) is 0 Å². The monoisotopic (exact) mass is 159 g/mol. The Hall–Kier alpha value is -0.120. The van der Waals surface area contributed by atoms with E-state index in [1.807, 2.05) is 0 Å². The number of hydrogen-bond acceptors (Lipinski definition) is 3. The molecule has 0 aromatic heterocycles. The number of rotatable bonds is 5. The third-order valence-corrected chi connectivity index (χ3v) is 1.85. The summed E-state index contributed by atoms with van der Waals surface area (Å²) in [5.74, 6) is 0. The number of hydrogen-bond donors (Lipinski definition) is 3. The topological polar surface area (TPSA) is 78.1 Å². The molecular weight excluding hydrogens is 138 g/mol. The highest BCUT2D eigenvalue weighted by Crippen LogP contribution is 2.26. The van der Waals surface area contributed by atoms with E-state index >= 15 is 0 Å². The van der Waals surface area contributed by atoms with Crippen LogP contribution in [0.4, 0.5) is 0 Å². The van der Waals surface area contributed by atoms with Crippen molar-refractivity contribution in [3.63, 3.8) is 0 Å². The Balaban J connectivity index is 3.61. The standard InChI is InChI=1S/C8H21N3/c1-8(2,4-3-5-9)6-7(10)11/h7H,3-6,9-11H2,1-2H3. The van der Waals surface area contributed by atoms with Gasteiger partial charge in [0.05, 0.1) is 6.17 Å². The van der Waals surface area contributed by atoms with Crippen molar-refractivity contribution in [1.82, 2.24) is 0 Å². The van der Waals surface area contributed by atoms with E-state index in [-0.39, 0.29) is 11.6 Å². The first-order valence-corrected chi connectivity index (χ1v) is 4.19. The molecule has 0 saturated carbocycles. The van der Waals surface area contributed by atoms with Crippen molar-refractivity contribution in [3.05, 3.63) is 0 Å². The molecule has 0 radical (unpaired) electrons. The van der Waals surface area contributed by atoms with Gasteiger partial charge < -0.3 is 17.2 Å². The minimum absolute atomic E-state index is 0.192. The van der Waals surface area contributed by atoms with Gasteiger partial charge in [0.1, 0.15) is 0 Å². The summed E-state index contributed by atoms with van der Waals surface area (Å²) in [5.41, 5.74) is 16.6. The van der Waals surface area contributed by atoms with Crippen LogP contribution in [-0.4, -0.2) is 12.7 Å². The van der Waals surface area contributed by atoms with Crippen LogP contribution in [-0.2, 0) is 0 Å². The van der Waals surface area contributed by atoms with Crippen molar-refractivity contribution < 1.29 is 0 Å². The SMILES string of the molecule is CC(C)(CCCN)CC(N)N. The van der Waals surface area contributed by atoms with Crippen molar-refractivity contribution in [1.29, 1.82) is 0 Å². The normalized spacial score (nSPS) is 12.5. The molecule has 0 heterocycles. The van der Waals surface area contributed by atoms with Crippen molar-refractivity contribution in [2.75, 3.05) is 6.54 Å². The Bertz CT molecular complexity index is 99.5. The fraction of sp³-hybridized carbons (Fsp3) is 1.00. The molecule has 0 fully saturated rings. The molecule has 0 amide bonds. The average molecular weight is 159 g/mol. The lowest BCUT2D eigenvalue weighted by atomic mass is 9.83. The Kier molecular flexibility index (Phi) is 4.65. The summed E-state index contributed by atoms with van der Waals surface area (Å²) >= 11 is 0. The van der Waals surface area contributed by atoms with Crippen molar-refractivity contribution >= 4 is 0 Å². The summed E-state index contributed by atoms with van der Waals surface area (Å²) in [4.78, 5) is 0. The zero-order valence-electron chi connectivity index (χ0n) is 7.64. The average Bonchev–Trinajstić information content (AvgIpc) is 1.81. The third kappa shape index (κ3) is 6.28. The minimum atomic E-state index is -0.192. The molecule has 0 aromatic rings. The summed E-state index contributed by atoms with van der Waals surface area (Å²) in [5, 5.41) is 0. The summed E-state index contributed by atoms with van der Waals surface area (Å²) in [6.45, 7) is 5.11. The maximum Gasteiger partial charge on any atom is 0.0526 e. The maximum absolute atomic E-state index is 5.50. The Morgan fingerprint density at radius 2 is 1.82 bits per heavy atom. The summed E-state index contributed by atoms with van der Waals surface area (Å²) in [6, 6.07) is 0. The van der Waals surface area contributed by atoms with E-state index in [9.17, 15) is 0 Å². The smallest absolute Gasteiger partial charge is 0.0526 e. The zero-order chi connectivity index (χ0) is 8.91.